The van der Waals surface area contributed by atoms with Gasteiger partial charge in [-0.2, -0.15) is 0 Å². The molecule has 0 radical (unpaired) electrons. The predicted molar refractivity (Wildman–Crippen MR) is 66.3 cm³/mol. The number of rotatable bonds is 3. The van der Waals surface area contributed by atoms with Crippen LogP contribution in [-0.4, -0.2) is 37.1 Å². The average Bonchev–Trinajstić information content (AvgIpc) is 2.34. The van der Waals surface area contributed by atoms with Crippen molar-refractivity contribution in [3.8, 4) is 0 Å². The molecule has 1 aromatic heterocycles. The van der Waals surface area contributed by atoms with E-state index in [9.17, 15) is 0 Å². The van der Waals surface area contributed by atoms with Crippen molar-refractivity contribution in [2.45, 2.75) is 24.8 Å². The zero-order valence-corrected chi connectivity index (χ0v) is 10.2. The van der Waals surface area contributed by atoms with Gasteiger partial charge in [0, 0.05) is 18.9 Å². The molecule has 0 spiro atoms. The van der Waals surface area contributed by atoms with Gasteiger partial charge in [-0.3, -0.25) is 9.88 Å². The van der Waals surface area contributed by atoms with Gasteiger partial charge in [0.15, 0.2) is 0 Å². The SMILES string of the molecule is CNCC1(c2ccncc2)CCCCN1C. The topological polar surface area (TPSA) is 28.2 Å². The van der Waals surface area contributed by atoms with Crippen LogP contribution >= 0.6 is 0 Å². The number of pyridine rings is 1. The number of piperidine rings is 1. The van der Waals surface area contributed by atoms with Crippen LogP contribution in [0.3, 0.4) is 0 Å². The number of likely N-dealkylation sites (N-methyl/N-ethyl adjacent to an activating group) is 2. The summed E-state index contributed by atoms with van der Waals surface area (Å²) in [7, 11) is 4.27. The highest BCUT2D eigenvalue weighted by Gasteiger charge is 2.37. The molecule has 0 saturated carbocycles. The first-order chi connectivity index (χ1) is 7.79. The Morgan fingerprint density at radius 2 is 2.12 bits per heavy atom. The standard InChI is InChI=1S/C13H21N3/c1-14-11-13(7-3-4-10-16(13)2)12-5-8-15-9-6-12/h5-6,8-9,14H,3-4,7,10-11H2,1-2H3. The number of hydrogen-bond donors (Lipinski definition) is 1. The molecule has 2 heterocycles. The zero-order chi connectivity index (χ0) is 11.4. The van der Waals surface area contributed by atoms with E-state index < -0.39 is 0 Å². The van der Waals surface area contributed by atoms with Crippen molar-refractivity contribution in [2.75, 3.05) is 27.2 Å². The number of hydrogen-bond acceptors (Lipinski definition) is 3. The van der Waals surface area contributed by atoms with Crippen LogP contribution in [0, 0.1) is 0 Å². The van der Waals surface area contributed by atoms with E-state index in [-0.39, 0.29) is 5.54 Å². The summed E-state index contributed by atoms with van der Waals surface area (Å²) < 4.78 is 0. The van der Waals surface area contributed by atoms with Gasteiger partial charge in [-0.1, -0.05) is 0 Å². The molecule has 0 bridgehead atoms. The fourth-order valence-electron chi connectivity index (χ4n) is 2.82. The summed E-state index contributed by atoms with van der Waals surface area (Å²) in [5, 5.41) is 3.35. The summed E-state index contributed by atoms with van der Waals surface area (Å²) >= 11 is 0. The van der Waals surface area contributed by atoms with Crippen LogP contribution in [-0.2, 0) is 5.54 Å². The number of nitrogens with zero attached hydrogens (tertiary/aromatic N) is 2. The van der Waals surface area contributed by atoms with Crippen LogP contribution in [0.4, 0.5) is 0 Å². The molecule has 88 valence electrons. The molecule has 0 aromatic carbocycles. The Morgan fingerprint density at radius 1 is 1.38 bits per heavy atom. The van der Waals surface area contributed by atoms with Gasteiger partial charge in [0.25, 0.3) is 0 Å². The van der Waals surface area contributed by atoms with Crippen molar-refractivity contribution in [2.24, 2.45) is 0 Å². The number of aromatic nitrogens is 1. The van der Waals surface area contributed by atoms with Gasteiger partial charge in [0.1, 0.15) is 0 Å². The number of likely N-dealkylation sites (tertiary alicyclic amines) is 1. The van der Waals surface area contributed by atoms with E-state index in [2.05, 4.69) is 34.4 Å². The Balaban J connectivity index is 2.34. The summed E-state index contributed by atoms with van der Waals surface area (Å²) in [5.41, 5.74) is 1.55. The lowest BCUT2D eigenvalue weighted by Crippen LogP contribution is -2.52. The Bertz CT molecular complexity index is 321. The van der Waals surface area contributed by atoms with E-state index in [0.717, 1.165) is 6.54 Å². The lowest BCUT2D eigenvalue weighted by Gasteiger charge is -2.46. The highest BCUT2D eigenvalue weighted by molar-refractivity contribution is 5.23. The lowest BCUT2D eigenvalue weighted by atomic mass is 9.81. The Labute approximate surface area is 97.9 Å². The van der Waals surface area contributed by atoms with Crippen molar-refractivity contribution in [3.05, 3.63) is 30.1 Å². The molecule has 0 amide bonds. The van der Waals surface area contributed by atoms with Crippen molar-refractivity contribution in [1.82, 2.24) is 15.2 Å². The molecule has 3 nitrogen and oxygen atoms in total. The molecule has 16 heavy (non-hydrogen) atoms. The maximum atomic E-state index is 4.12. The lowest BCUT2D eigenvalue weighted by molar-refractivity contribution is 0.0715. The normalized spacial score (nSPS) is 26.9. The maximum Gasteiger partial charge on any atom is 0.0584 e. The smallest absolute Gasteiger partial charge is 0.0584 e. The molecular weight excluding hydrogens is 198 g/mol. The van der Waals surface area contributed by atoms with Gasteiger partial charge in [-0.15, -0.1) is 0 Å². The highest BCUT2D eigenvalue weighted by Crippen LogP contribution is 2.35. The van der Waals surface area contributed by atoms with Gasteiger partial charge in [-0.05, 0) is 57.6 Å². The molecule has 1 aliphatic rings. The summed E-state index contributed by atoms with van der Waals surface area (Å²) in [4.78, 5) is 6.61. The van der Waals surface area contributed by atoms with Crippen molar-refractivity contribution < 1.29 is 0 Å². The third kappa shape index (κ3) is 1.97. The molecule has 2 rings (SSSR count). The van der Waals surface area contributed by atoms with Crippen molar-refractivity contribution >= 4 is 0 Å². The monoisotopic (exact) mass is 219 g/mol. The first kappa shape index (κ1) is 11.6. The van der Waals surface area contributed by atoms with Crippen LogP contribution in [0.1, 0.15) is 24.8 Å². The Hall–Kier alpha value is -0.930. The summed E-state index contributed by atoms with van der Waals surface area (Å²) in [6.07, 6.45) is 7.65. The van der Waals surface area contributed by atoms with Crippen LogP contribution in [0.15, 0.2) is 24.5 Å². The van der Waals surface area contributed by atoms with Crippen molar-refractivity contribution in [3.63, 3.8) is 0 Å². The fraction of sp³-hybridized carbons (Fsp3) is 0.615. The molecular formula is C13H21N3. The molecule has 1 unspecified atom stereocenters. The van der Waals surface area contributed by atoms with Crippen LogP contribution in [0.2, 0.25) is 0 Å². The van der Waals surface area contributed by atoms with E-state index in [0.29, 0.717) is 0 Å². The Kier molecular flexibility index (Phi) is 3.56. The maximum absolute atomic E-state index is 4.12. The van der Waals surface area contributed by atoms with E-state index in [1.165, 1.54) is 31.4 Å². The van der Waals surface area contributed by atoms with Gasteiger partial charge in [0.05, 0.1) is 5.54 Å². The molecule has 0 aliphatic carbocycles. The van der Waals surface area contributed by atoms with E-state index in [4.69, 9.17) is 0 Å². The van der Waals surface area contributed by atoms with E-state index in [1.807, 2.05) is 19.4 Å². The minimum atomic E-state index is 0.163. The third-order valence-corrected chi connectivity index (χ3v) is 3.75. The van der Waals surface area contributed by atoms with Crippen LogP contribution < -0.4 is 5.32 Å². The molecule has 3 heteroatoms. The molecule has 1 aromatic rings. The largest absolute Gasteiger partial charge is 0.318 e. The van der Waals surface area contributed by atoms with E-state index >= 15 is 0 Å². The molecule has 1 fully saturated rings. The van der Waals surface area contributed by atoms with Crippen LogP contribution in [0.25, 0.3) is 0 Å². The summed E-state index contributed by atoms with van der Waals surface area (Å²) in [6.45, 7) is 2.19. The first-order valence-corrected chi connectivity index (χ1v) is 6.06. The van der Waals surface area contributed by atoms with Gasteiger partial charge in [0.2, 0.25) is 0 Å². The first-order valence-electron chi connectivity index (χ1n) is 6.06. The minimum absolute atomic E-state index is 0.163. The highest BCUT2D eigenvalue weighted by atomic mass is 15.2. The van der Waals surface area contributed by atoms with Gasteiger partial charge < -0.3 is 5.32 Å². The third-order valence-electron chi connectivity index (χ3n) is 3.75. The van der Waals surface area contributed by atoms with Gasteiger partial charge >= 0.3 is 0 Å². The number of nitrogens with one attached hydrogen (secondary N) is 1. The zero-order valence-electron chi connectivity index (χ0n) is 10.2. The second kappa shape index (κ2) is 4.93. The minimum Gasteiger partial charge on any atom is -0.318 e. The molecule has 1 atom stereocenters. The fourth-order valence-corrected chi connectivity index (χ4v) is 2.82. The van der Waals surface area contributed by atoms with E-state index in [1.54, 1.807) is 0 Å². The second-order valence-electron chi connectivity index (χ2n) is 4.68. The summed E-state index contributed by atoms with van der Waals surface area (Å²) in [6, 6.07) is 4.30. The van der Waals surface area contributed by atoms with Crippen LogP contribution in [0.5, 0.6) is 0 Å². The average molecular weight is 219 g/mol. The molecule has 1 aliphatic heterocycles. The summed E-state index contributed by atoms with van der Waals surface area (Å²) in [5.74, 6) is 0. The predicted octanol–water partition coefficient (Wildman–Crippen LogP) is 1.61. The Morgan fingerprint density at radius 3 is 2.75 bits per heavy atom. The molecule has 1 N–H and O–H groups in total. The van der Waals surface area contributed by atoms with Gasteiger partial charge in [-0.25, -0.2) is 0 Å². The van der Waals surface area contributed by atoms with Crippen molar-refractivity contribution in [1.29, 1.82) is 0 Å². The quantitative estimate of drug-likeness (QED) is 0.837. The second-order valence-corrected chi connectivity index (χ2v) is 4.68. The molecule has 1 saturated heterocycles.